The molecule has 2 aromatic rings. The summed E-state index contributed by atoms with van der Waals surface area (Å²) in [5.74, 6) is -0.630. The van der Waals surface area contributed by atoms with Crippen LogP contribution in [-0.2, 0) is 9.59 Å². The van der Waals surface area contributed by atoms with Crippen molar-refractivity contribution >= 4 is 84.0 Å². The highest BCUT2D eigenvalue weighted by atomic mass is 79.9. The molecular weight excluding hydrogens is 512 g/mol. The number of imide groups is 1. The predicted molar refractivity (Wildman–Crippen MR) is 107 cm³/mol. The normalized spacial score (nSPS) is 15.8. The number of anilines is 1. The highest BCUT2D eigenvalue weighted by Crippen LogP contribution is 2.34. The number of carbonyl (C=O) groups is 3. The van der Waals surface area contributed by atoms with Crippen LogP contribution in [0.1, 0.15) is 5.76 Å². The number of amides is 3. The summed E-state index contributed by atoms with van der Waals surface area (Å²) < 4.78 is 6.54. The van der Waals surface area contributed by atoms with E-state index in [0.717, 1.165) is 16.7 Å². The van der Waals surface area contributed by atoms with Gasteiger partial charge >= 0.3 is 0 Å². The van der Waals surface area contributed by atoms with Gasteiger partial charge < -0.3 is 9.73 Å². The quantitative estimate of drug-likeness (QED) is 0.566. The third kappa shape index (κ3) is 4.40. The standard InChI is InChI=1S/C16H9Br2ClN2O4S/c17-11-5-10(25-14(11)18)6-12-15(23)21(16(24)26-12)7-13(22)20-9-3-1-8(19)2-4-9/h1-6H,7H2,(H,20,22)/b12-6-. The third-order valence-electron chi connectivity index (χ3n) is 3.24. The van der Waals surface area contributed by atoms with E-state index < -0.39 is 17.1 Å². The molecule has 26 heavy (non-hydrogen) atoms. The number of rotatable bonds is 4. The summed E-state index contributed by atoms with van der Waals surface area (Å²) in [4.78, 5) is 37.6. The molecule has 0 saturated carbocycles. The van der Waals surface area contributed by atoms with Crippen LogP contribution in [0.4, 0.5) is 10.5 Å². The second-order valence-electron chi connectivity index (χ2n) is 5.09. The first-order valence-electron chi connectivity index (χ1n) is 7.09. The first kappa shape index (κ1) is 19.2. The van der Waals surface area contributed by atoms with Crippen molar-refractivity contribution < 1.29 is 18.8 Å². The number of hydrogen-bond donors (Lipinski definition) is 1. The van der Waals surface area contributed by atoms with Crippen molar-refractivity contribution in [3.8, 4) is 0 Å². The molecule has 2 heterocycles. The lowest BCUT2D eigenvalue weighted by Gasteiger charge is -2.12. The van der Waals surface area contributed by atoms with E-state index in [-0.39, 0.29) is 11.4 Å². The molecule has 0 aliphatic carbocycles. The fourth-order valence-corrected chi connectivity index (χ4v) is 3.63. The van der Waals surface area contributed by atoms with Crippen LogP contribution in [0.15, 0.2) is 48.8 Å². The molecule has 3 amide bonds. The van der Waals surface area contributed by atoms with Gasteiger partial charge in [-0.05, 0) is 74.0 Å². The zero-order valence-corrected chi connectivity index (χ0v) is 17.5. The topological polar surface area (TPSA) is 79.6 Å². The van der Waals surface area contributed by atoms with Gasteiger partial charge in [0, 0.05) is 16.8 Å². The Morgan fingerprint density at radius 2 is 1.96 bits per heavy atom. The maximum atomic E-state index is 12.4. The summed E-state index contributed by atoms with van der Waals surface area (Å²) in [6, 6.07) is 8.16. The fourth-order valence-electron chi connectivity index (χ4n) is 2.08. The van der Waals surface area contributed by atoms with Crippen LogP contribution in [0.3, 0.4) is 0 Å². The number of carbonyl (C=O) groups excluding carboxylic acids is 3. The third-order valence-corrected chi connectivity index (χ3v) is 6.11. The number of nitrogens with zero attached hydrogens (tertiary/aromatic N) is 1. The molecular formula is C16H9Br2ClN2O4S. The van der Waals surface area contributed by atoms with E-state index in [1.165, 1.54) is 6.08 Å². The molecule has 1 saturated heterocycles. The van der Waals surface area contributed by atoms with Gasteiger partial charge in [-0.15, -0.1) is 0 Å². The maximum absolute atomic E-state index is 12.4. The van der Waals surface area contributed by atoms with E-state index in [2.05, 4.69) is 37.2 Å². The number of furan rings is 1. The number of thioether (sulfide) groups is 1. The molecule has 0 unspecified atom stereocenters. The molecule has 1 N–H and O–H groups in total. The first-order valence-corrected chi connectivity index (χ1v) is 9.87. The smallest absolute Gasteiger partial charge is 0.294 e. The lowest BCUT2D eigenvalue weighted by atomic mass is 10.3. The van der Waals surface area contributed by atoms with Crippen LogP contribution >= 0.6 is 55.2 Å². The van der Waals surface area contributed by atoms with Crippen molar-refractivity contribution in [3.05, 3.63) is 55.2 Å². The summed E-state index contributed by atoms with van der Waals surface area (Å²) in [6.07, 6.45) is 1.46. The summed E-state index contributed by atoms with van der Waals surface area (Å²) in [5, 5.41) is 2.63. The monoisotopic (exact) mass is 518 g/mol. The average molecular weight is 521 g/mol. The minimum Gasteiger partial charge on any atom is -0.449 e. The predicted octanol–water partition coefficient (Wildman–Crippen LogP) is 5.13. The molecule has 1 aromatic carbocycles. The molecule has 0 spiro atoms. The number of hydrogen-bond acceptors (Lipinski definition) is 5. The molecule has 1 aliphatic heterocycles. The number of nitrogens with one attached hydrogen (secondary N) is 1. The van der Waals surface area contributed by atoms with Crippen LogP contribution in [0.2, 0.25) is 5.02 Å². The highest BCUT2D eigenvalue weighted by Gasteiger charge is 2.36. The van der Waals surface area contributed by atoms with Crippen molar-refractivity contribution in [2.45, 2.75) is 0 Å². The van der Waals surface area contributed by atoms with Crippen LogP contribution in [-0.4, -0.2) is 28.5 Å². The van der Waals surface area contributed by atoms with Gasteiger partial charge in [-0.2, -0.15) is 0 Å². The SMILES string of the molecule is O=C(CN1C(=O)S/C(=C\c2cc(Br)c(Br)o2)C1=O)Nc1ccc(Cl)cc1. The molecule has 10 heteroatoms. The van der Waals surface area contributed by atoms with Crippen molar-refractivity contribution in [1.29, 1.82) is 0 Å². The van der Waals surface area contributed by atoms with E-state index in [9.17, 15) is 14.4 Å². The lowest BCUT2D eigenvalue weighted by molar-refractivity contribution is -0.127. The molecule has 3 rings (SSSR count). The second-order valence-corrected chi connectivity index (χ2v) is 8.10. The Balaban J connectivity index is 1.68. The molecule has 1 fully saturated rings. The minimum atomic E-state index is -0.546. The van der Waals surface area contributed by atoms with E-state index >= 15 is 0 Å². The van der Waals surface area contributed by atoms with Crippen LogP contribution in [0.5, 0.6) is 0 Å². The van der Waals surface area contributed by atoms with Gasteiger partial charge in [-0.1, -0.05) is 11.6 Å². The Bertz CT molecular complexity index is 907. The Morgan fingerprint density at radius 3 is 2.58 bits per heavy atom. The molecule has 1 aliphatic rings. The van der Waals surface area contributed by atoms with Crippen molar-refractivity contribution in [2.24, 2.45) is 0 Å². The average Bonchev–Trinajstić information content (AvgIpc) is 3.03. The maximum Gasteiger partial charge on any atom is 0.294 e. The number of halogens is 3. The van der Waals surface area contributed by atoms with Crippen LogP contribution in [0.25, 0.3) is 6.08 Å². The zero-order chi connectivity index (χ0) is 18.8. The van der Waals surface area contributed by atoms with Gasteiger partial charge in [0.1, 0.15) is 12.3 Å². The van der Waals surface area contributed by atoms with E-state index in [1.54, 1.807) is 30.3 Å². The Hall–Kier alpha value is -1.55. The lowest BCUT2D eigenvalue weighted by Crippen LogP contribution is -2.36. The van der Waals surface area contributed by atoms with E-state index in [0.29, 0.717) is 25.6 Å². The van der Waals surface area contributed by atoms with Gasteiger partial charge in [0.25, 0.3) is 11.1 Å². The summed E-state index contributed by atoms with van der Waals surface area (Å²) in [7, 11) is 0. The second kappa shape index (κ2) is 7.99. The van der Waals surface area contributed by atoms with Crippen molar-refractivity contribution in [1.82, 2.24) is 4.90 Å². The Labute approximate surface area is 174 Å². The molecule has 6 nitrogen and oxygen atoms in total. The highest BCUT2D eigenvalue weighted by molar-refractivity contribution is 9.13. The van der Waals surface area contributed by atoms with Gasteiger partial charge in [0.2, 0.25) is 5.91 Å². The Kier molecular flexibility index (Phi) is 5.91. The number of benzene rings is 1. The van der Waals surface area contributed by atoms with Gasteiger partial charge in [0.15, 0.2) is 4.67 Å². The molecule has 0 atom stereocenters. The molecule has 0 radical (unpaired) electrons. The van der Waals surface area contributed by atoms with Crippen LogP contribution in [0, 0.1) is 0 Å². The summed E-state index contributed by atoms with van der Waals surface area (Å²) >= 11 is 13.0. The van der Waals surface area contributed by atoms with Gasteiger partial charge in [0.05, 0.1) is 9.38 Å². The van der Waals surface area contributed by atoms with Crippen molar-refractivity contribution in [2.75, 3.05) is 11.9 Å². The Morgan fingerprint density at radius 1 is 1.27 bits per heavy atom. The fraction of sp³-hybridized carbons (Fsp3) is 0.0625. The van der Waals surface area contributed by atoms with Gasteiger partial charge in [-0.3, -0.25) is 19.3 Å². The molecule has 1 aromatic heterocycles. The summed E-state index contributed by atoms with van der Waals surface area (Å²) in [5.41, 5.74) is 0.521. The van der Waals surface area contributed by atoms with Crippen molar-refractivity contribution in [3.63, 3.8) is 0 Å². The zero-order valence-electron chi connectivity index (χ0n) is 12.8. The molecule has 134 valence electrons. The van der Waals surface area contributed by atoms with Crippen LogP contribution < -0.4 is 5.32 Å². The minimum absolute atomic E-state index is 0.183. The first-order chi connectivity index (χ1) is 12.3. The largest absolute Gasteiger partial charge is 0.449 e. The molecule has 0 bridgehead atoms. The summed E-state index contributed by atoms with van der Waals surface area (Å²) in [6.45, 7) is -0.379. The van der Waals surface area contributed by atoms with E-state index in [1.807, 2.05) is 0 Å². The van der Waals surface area contributed by atoms with Gasteiger partial charge in [-0.25, -0.2) is 0 Å². The van der Waals surface area contributed by atoms with E-state index in [4.69, 9.17) is 16.0 Å².